The topological polar surface area (TPSA) is 76.4 Å². The Labute approximate surface area is 152 Å². The van der Waals surface area contributed by atoms with E-state index in [0.29, 0.717) is 12.1 Å². The number of furan rings is 1. The van der Waals surface area contributed by atoms with E-state index < -0.39 is 15.7 Å². The van der Waals surface area contributed by atoms with Gasteiger partial charge in [0.1, 0.15) is 0 Å². The van der Waals surface area contributed by atoms with Crippen molar-refractivity contribution < 1.29 is 17.6 Å². The van der Waals surface area contributed by atoms with Crippen LogP contribution < -0.4 is 5.32 Å². The quantitative estimate of drug-likeness (QED) is 0.722. The number of hydrogen-bond acceptors (Lipinski definition) is 4. The molecule has 0 bridgehead atoms. The number of sulfone groups is 1. The van der Waals surface area contributed by atoms with Crippen LogP contribution >= 0.6 is 0 Å². The Balaban J connectivity index is 1.73. The molecule has 0 aliphatic carbocycles. The lowest BCUT2D eigenvalue weighted by molar-refractivity contribution is 0.0922. The van der Waals surface area contributed by atoms with Gasteiger partial charge in [0.05, 0.1) is 16.9 Å². The van der Waals surface area contributed by atoms with Crippen molar-refractivity contribution in [1.82, 2.24) is 5.32 Å². The highest BCUT2D eigenvalue weighted by molar-refractivity contribution is 7.90. The van der Waals surface area contributed by atoms with E-state index >= 15 is 0 Å². The third kappa shape index (κ3) is 4.21. The molecule has 26 heavy (non-hydrogen) atoms. The van der Waals surface area contributed by atoms with Gasteiger partial charge in [0.15, 0.2) is 15.6 Å². The van der Waals surface area contributed by atoms with Crippen molar-refractivity contribution in [2.45, 2.75) is 24.1 Å². The number of carbonyl (C=O) groups excluding carboxylic acids is 1. The minimum Gasteiger partial charge on any atom is -0.459 e. The summed E-state index contributed by atoms with van der Waals surface area (Å²) in [5, 5.41) is 2.77. The molecule has 0 spiro atoms. The molecule has 1 aromatic heterocycles. The van der Waals surface area contributed by atoms with E-state index in [1.54, 1.807) is 18.2 Å². The highest BCUT2D eigenvalue weighted by Gasteiger charge is 2.22. The molecule has 1 N–H and O–H groups in total. The highest BCUT2D eigenvalue weighted by atomic mass is 32.2. The number of amides is 1. The van der Waals surface area contributed by atoms with Crippen LogP contribution in [0.5, 0.6) is 0 Å². The van der Waals surface area contributed by atoms with Crippen molar-refractivity contribution >= 4 is 15.7 Å². The second-order valence-electron chi connectivity index (χ2n) is 6.02. The second kappa shape index (κ2) is 7.58. The fraction of sp³-hybridized carbons (Fsp3) is 0.150. The van der Waals surface area contributed by atoms with Crippen LogP contribution in [0.4, 0.5) is 0 Å². The summed E-state index contributed by atoms with van der Waals surface area (Å²) in [7, 11) is -3.55. The highest BCUT2D eigenvalue weighted by Crippen LogP contribution is 2.20. The average molecular weight is 369 g/mol. The van der Waals surface area contributed by atoms with Crippen molar-refractivity contribution in [1.29, 1.82) is 0 Å². The first kappa shape index (κ1) is 17.9. The molecule has 1 amide bonds. The standard InChI is InChI=1S/C20H19NO4S/c1-15-6-5-7-16(12-15)13-21-20(22)19-17(10-11-25-19)14-26(23,24)18-8-3-2-4-9-18/h2-12H,13-14H2,1H3,(H,21,22). The molecule has 0 radical (unpaired) electrons. The van der Waals surface area contributed by atoms with Gasteiger partial charge < -0.3 is 9.73 Å². The van der Waals surface area contributed by atoms with Gasteiger partial charge >= 0.3 is 0 Å². The Morgan fingerprint density at radius 2 is 1.81 bits per heavy atom. The van der Waals surface area contributed by atoms with Crippen molar-refractivity contribution in [3.63, 3.8) is 0 Å². The van der Waals surface area contributed by atoms with Crippen LogP contribution in [0, 0.1) is 6.92 Å². The van der Waals surface area contributed by atoms with E-state index in [1.165, 1.54) is 24.5 Å². The first-order valence-electron chi connectivity index (χ1n) is 8.13. The van der Waals surface area contributed by atoms with E-state index in [0.717, 1.165) is 11.1 Å². The lowest BCUT2D eigenvalue weighted by Crippen LogP contribution is -2.23. The second-order valence-corrected chi connectivity index (χ2v) is 8.01. The number of rotatable bonds is 6. The molecule has 0 saturated carbocycles. The summed E-state index contributed by atoms with van der Waals surface area (Å²) < 4.78 is 30.3. The predicted octanol–water partition coefficient (Wildman–Crippen LogP) is 3.49. The molecule has 3 aromatic rings. The maximum atomic E-state index is 12.5. The minimum absolute atomic E-state index is 0.0251. The van der Waals surface area contributed by atoms with Gasteiger partial charge in [-0.3, -0.25) is 4.79 Å². The SMILES string of the molecule is Cc1cccc(CNC(=O)c2occc2CS(=O)(=O)c2ccccc2)c1. The van der Waals surface area contributed by atoms with Crippen molar-refractivity contribution in [3.05, 3.63) is 89.4 Å². The Kier molecular flexibility index (Phi) is 5.23. The fourth-order valence-electron chi connectivity index (χ4n) is 2.65. The summed E-state index contributed by atoms with van der Waals surface area (Å²) in [6.45, 7) is 2.32. The van der Waals surface area contributed by atoms with E-state index in [4.69, 9.17) is 4.42 Å². The largest absolute Gasteiger partial charge is 0.459 e. The number of carbonyl (C=O) groups is 1. The summed E-state index contributed by atoms with van der Waals surface area (Å²) in [6, 6.07) is 17.4. The zero-order chi connectivity index (χ0) is 18.6. The van der Waals surface area contributed by atoms with E-state index in [9.17, 15) is 13.2 Å². The first-order valence-corrected chi connectivity index (χ1v) is 9.79. The molecule has 0 saturated heterocycles. The molecule has 2 aromatic carbocycles. The molecular weight excluding hydrogens is 350 g/mol. The molecule has 134 valence electrons. The van der Waals surface area contributed by atoms with Crippen molar-refractivity contribution in [3.8, 4) is 0 Å². The van der Waals surface area contributed by atoms with Gasteiger partial charge in [-0.05, 0) is 30.7 Å². The van der Waals surface area contributed by atoms with Crippen LogP contribution in [-0.4, -0.2) is 14.3 Å². The molecule has 0 unspecified atom stereocenters. The van der Waals surface area contributed by atoms with Gasteiger partial charge in [-0.1, -0.05) is 48.0 Å². The van der Waals surface area contributed by atoms with E-state index in [-0.39, 0.29) is 16.4 Å². The zero-order valence-electron chi connectivity index (χ0n) is 14.3. The summed E-state index contributed by atoms with van der Waals surface area (Å²) in [5.41, 5.74) is 2.41. The van der Waals surface area contributed by atoms with Gasteiger partial charge in [-0.25, -0.2) is 8.42 Å². The van der Waals surface area contributed by atoms with Crippen LogP contribution in [0.15, 0.2) is 76.2 Å². The lowest BCUT2D eigenvalue weighted by Gasteiger charge is -2.07. The molecule has 3 rings (SSSR count). The molecule has 0 aliphatic heterocycles. The average Bonchev–Trinajstić information content (AvgIpc) is 3.08. The third-order valence-corrected chi connectivity index (χ3v) is 5.62. The fourth-order valence-corrected chi connectivity index (χ4v) is 4.02. The number of aryl methyl sites for hydroxylation is 1. The predicted molar refractivity (Wildman–Crippen MR) is 98.4 cm³/mol. The Hall–Kier alpha value is -2.86. The van der Waals surface area contributed by atoms with Gasteiger partial charge in [0.2, 0.25) is 0 Å². The zero-order valence-corrected chi connectivity index (χ0v) is 15.1. The van der Waals surface area contributed by atoms with Crippen LogP contribution in [0.1, 0.15) is 27.2 Å². The molecule has 0 aliphatic rings. The van der Waals surface area contributed by atoms with Crippen LogP contribution in [0.25, 0.3) is 0 Å². The summed E-state index contributed by atoms with van der Waals surface area (Å²) in [5.74, 6) is -0.701. The van der Waals surface area contributed by atoms with Gasteiger partial charge in [-0.2, -0.15) is 0 Å². The maximum Gasteiger partial charge on any atom is 0.287 e. The van der Waals surface area contributed by atoms with Gasteiger partial charge in [-0.15, -0.1) is 0 Å². The van der Waals surface area contributed by atoms with E-state index in [2.05, 4.69) is 5.32 Å². The molecule has 0 atom stereocenters. The minimum atomic E-state index is -3.55. The number of benzene rings is 2. The summed E-state index contributed by atoms with van der Waals surface area (Å²) in [6.07, 6.45) is 1.33. The monoisotopic (exact) mass is 369 g/mol. The molecular formula is C20H19NO4S. The maximum absolute atomic E-state index is 12.5. The van der Waals surface area contributed by atoms with E-state index in [1.807, 2.05) is 31.2 Å². The summed E-state index contributed by atoms with van der Waals surface area (Å²) >= 11 is 0. The first-order chi connectivity index (χ1) is 12.5. The van der Waals surface area contributed by atoms with Crippen LogP contribution in [-0.2, 0) is 22.1 Å². The van der Waals surface area contributed by atoms with Gasteiger partial charge in [0, 0.05) is 12.1 Å². The number of nitrogens with one attached hydrogen (secondary N) is 1. The number of hydrogen-bond donors (Lipinski definition) is 1. The molecule has 5 nitrogen and oxygen atoms in total. The molecule has 0 fully saturated rings. The Bertz CT molecular complexity index is 1010. The molecule has 6 heteroatoms. The Morgan fingerprint density at radius 1 is 1.04 bits per heavy atom. The van der Waals surface area contributed by atoms with Crippen LogP contribution in [0.3, 0.4) is 0 Å². The normalized spacial score (nSPS) is 11.3. The van der Waals surface area contributed by atoms with Crippen molar-refractivity contribution in [2.75, 3.05) is 0 Å². The van der Waals surface area contributed by atoms with Crippen LogP contribution in [0.2, 0.25) is 0 Å². The van der Waals surface area contributed by atoms with Gasteiger partial charge in [0.25, 0.3) is 5.91 Å². The lowest BCUT2D eigenvalue weighted by atomic mass is 10.1. The Morgan fingerprint density at radius 3 is 2.54 bits per heavy atom. The summed E-state index contributed by atoms with van der Waals surface area (Å²) in [4.78, 5) is 12.6. The smallest absolute Gasteiger partial charge is 0.287 e. The van der Waals surface area contributed by atoms with Crippen molar-refractivity contribution in [2.24, 2.45) is 0 Å². The molecule has 1 heterocycles. The third-order valence-electron chi connectivity index (χ3n) is 3.94.